The summed E-state index contributed by atoms with van der Waals surface area (Å²) in [5.41, 5.74) is 1.06. The number of likely N-dealkylation sites (tertiary alicyclic amines) is 1. The molecule has 0 N–H and O–H groups in total. The fourth-order valence-corrected chi connectivity index (χ4v) is 2.56. The second kappa shape index (κ2) is 5.29. The number of carbonyl (C=O) groups excluding carboxylic acids is 1. The average molecular weight is 249 g/mol. The normalized spacial score (nSPS) is 18.8. The van der Waals surface area contributed by atoms with Gasteiger partial charge in [-0.3, -0.25) is 4.79 Å². The van der Waals surface area contributed by atoms with E-state index in [9.17, 15) is 4.79 Å². The summed E-state index contributed by atoms with van der Waals surface area (Å²) in [4.78, 5) is 13.5. The summed E-state index contributed by atoms with van der Waals surface area (Å²) in [7, 11) is 3.28. The van der Waals surface area contributed by atoms with Crippen LogP contribution in [0.3, 0.4) is 0 Å². The van der Waals surface area contributed by atoms with Crippen molar-refractivity contribution in [3.63, 3.8) is 0 Å². The van der Waals surface area contributed by atoms with Crippen molar-refractivity contribution in [3.05, 3.63) is 23.8 Å². The smallest absolute Gasteiger partial charge is 0.219 e. The maximum Gasteiger partial charge on any atom is 0.219 e. The first-order valence-electron chi connectivity index (χ1n) is 6.16. The van der Waals surface area contributed by atoms with Gasteiger partial charge in [0, 0.05) is 25.1 Å². The monoisotopic (exact) mass is 249 g/mol. The van der Waals surface area contributed by atoms with Crippen molar-refractivity contribution in [1.82, 2.24) is 4.90 Å². The van der Waals surface area contributed by atoms with Crippen LogP contribution in [-0.2, 0) is 4.79 Å². The lowest BCUT2D eigenvalue weighted by Crippen LogP contribution is -2.28. The topological polar surface area (TPSA) is 38.8 Å². The predicted octanol–water partition coefficient (Wildman–Crippen LogP) is 2.39. The molecule has 4 heteroatoms. The Morgan fingerprint density at radius 1 is 1.33 bits per heavy atom. The average Bonchev–Trinajstić information content (AvgIpc) is 2.87. The van der Waals surface area contributed by atoms with Gasteiger partial charge in [0.15, 0.2) is 0 Å². The molecule has 1 aliphatic heterocycles. The molecule has 1 aromatic rings. The quantitative estimate of drug-likeness (QED) is 0.825. The molecule has 1 amide bonds. The van der Waals surface area contributed by atoms with Gasteiger partial charge in [0.2, 0.25) is 5.91 Å². The number of hydrogen-bond acceptors (Lipinski definition) is 3. The fourth-order valence-electron chi connectivity index (χ4n) is 2.56. The molecule has 1 aromatic carbocycles. The van der Waals surface area contributed by atoms with E-state index >= 15 is 0 Å². The molecule has 0 unspecified atom stereocenters. The summed E-state index contributed by atoms with van der Waals surface area (Å²) in [5.74, 6) is 1.67. The van der Waals surface area contributed by atoms with E-state index in [1.165, 1.54) is 0 Å². The van der Waals surface area contributed by atoms with Gasteiger partial charge in [0.1, 0.15) is 11.5 Å². The summed E-state index contributed by atoms with van der Waals surface area (Å²) < 4.78 is 10.6. The maximum absolute atomic E-state index is 11.6. The molecule has 4 nitrogen and oxygen atoms in total. The standard InChI is InChI=1S/C14H19NO3/c1-10(16)15-8-4-5-13(15)12-7-6-11(17-2)9-14(12)18-3/h6-7,9,13H,4-5,8H2,1-3H3/t13-/m1/s1. The highest BCUT2D eigenvalue weighted by molar-refractivity contribution is 5.74. The zero-order valence-electron chi connectivity index (χ0n) is 11.1. The van der Waals surface area contributed by atoms with Crippen molar-refractivity contribution < 1.29 is 14.3 Å². The van der Waals surface area contributed by atoms with Gasteiger partial charge in [0.25, 0.3) is 0 Å². The van der Waals surface area contributed by atoms with Crippen molar-refractivity contribution >= 4 is 5.91 Å². The number of ether oxygens (including phenoxy) is 2. The molecule has 0 aromatic heterocycles. The Hall–Kier alpha value is -1.71. The van der Waals surface area contributed by atoms with Crippen molar-refractivity contribution in [2.24, 2.45) is 0 Å². The summed E-state index contributed by atoms with van der Waals surface area (Å²) >= 11 is 0. The zero-order chi connectivity index (χ0) is 13.1. The van der Waals surface area contributed by atoms with E-state index in [-0.39, 0.29) is 11.9 Å². The van der Waals surface area contributed by atoms with Crippen molar-refractivity contribution in [2.45, 2.75) is 25.8 Å². The maximum atomic E-state index is 11.6. The molecule has 98 valence electrons. The number of methoxy groups -OCH3 is 2. The number of hydrogen-bond donors (Lipinski definition) is 0. The highest BCUT2D eigenvalue weighted by Crippen LogP contribution is 2.38. The van der Waals surface area contributed by atoms with Crippen LogP contribution in [0.15, 0.2) is 18.2 Å². The van der Waals surface area contributed by atoms with E-state index in [1.807, 2.05) is 23.1 Å². The molecule has 0 bridgehead atoms. The van der Waals surface area contributed by atoms with Gasteiger partial charge >= 0.3 is 0 Å². The summed E-state index contributed by atoms with van der Waals surface area (Å²) in [5, 5.41) is 0. The Morgan fingerprint density at radius 2 is 2.11 bits per heavy atom. The van der Waals surface area contributed by atoms with Gasteiger partial charge in [-0.15, -0.1) is 0 Å². The Morgan fingerprint density at radius 3 is 2.72 bits per heavy atom. The Balaban J connectivity index is 2.35. The third kappa shape index (κ3) is 2.28. The van der Waals surface area contributed by atoms with Gasteiger partial charge in [-0.1, -0.05) is 0 Å². The first-order chi connectivity index (χ1) is 8.67. The number of benzene rings is 1. The van der Waals surface area contributed by atoms with Gasteiger partial charge in [-0.05, 0) is 25.0 Å². The van der Waals surface area contributed by atoms with Crippen LogP contribution in [0.25, 0.3) is 0 Å². The van der Waals surface area contributed by atoms with Crippen LogP contribution >= 0.6 is 0 Å². The lowest BCUT2D eigenvalue weighted by molar-refractivity contribution is -0.129. The van der Waals surface area contributed by atoms with Gasteiger partial charge in [-0.25, -0.2) is 0 Å². The van der Waals surface area contributed by atoms with Crippen LogP contribution in [0.4, 0.5) is 0 Å². The van der Waals surface area contributed by atoms with E-state index in [0.29, 0.717) is 0 Å². The van der Waals surface area contributed by atoms with Gasteiger partial charge < -0.3 is 14.4 Å². The highest BCUT2D eigenvalue weighted by Gasteiger charge is 2.30. The number of nitrogens with zero attached hydrogens (tertiary/aromatic N) is 1. The second-order valence-corrected chi connectivity index (χ2v) is 4.48. The van der Waals surface area contributed by atoms with Gasteiger partial charge in [-0.2, -0.15) is 0 Å². The van der Waals surface area contributed by atoms with Gasteiger partial charge in [0.05, 0.1) is 20.3 Å². The molecular weight excluding hydrogens is 230 g/mol. The summed E-state index contributed by atoms with van der Waals surface area (Å²) in [6.07, 6.45) is 2.03. The molecule has 1 fully saturated rings. The third-order valence-corrected chi connectivity index (χ3v) is 3.46. The minimum absolute atomic E-state index is 0.121. The molecule has 0 saturated carbocycles. The first-order valence-corrected chi connectivity index (χ1v) is 6.16. The van der Waals surface area contributed by atoms with Crippen LogP contribution < -0.4 is 9.47 Å². The summed E-state index contributed by atoms with van der Waals surface area (Å²) in [6, 6.07) is 5.90. The largest absolute Gasteiger partial charge is 0.497 e. The molecule has 1 heterocycles. The molecule has 1 aliphatic rings. The van der Waals surface area contributed by atoms with E-state index in [2.05, 4.69) is 0 Å². The molecule has 0 aliphatic carbocycles. The third-order valence-electron chi connectivity index (χ3n) is 3.46. The molecule has 18 heavy (non-hydrogen) atoms. The SMILES string of the molecule is COc1ccc([C@H]2CCCN2C(C)=O)c(OC)c1. The van der Waals surface area contributed by atoms with E-state index in [0.717, 1.165) is 36.4 Å². The lowest BCUT2D eigenvalue weighted by atomic mass is 10.0. The van der Waals surface area contributed by atoms with E-state index in [1.54, 1.807) is 21.1 Å². The zero-order valence-corrected chi connectivity index (χ0v) is 11.1. The Labute approximate surface area is 107 Å². The molecule has 0 spiro atoms. The molecule has 0 radical (unpaired) electrons. The molecule has 2 rings (SSSR count). The molecule has 1 atom stereocenters. The Kier molecular flexibility index (Phi) is 3.75. The van der Waals surface area contributed by atoms with Crippen molar-refractivity contribution in [3.8, 4) is 11.5 Å². The summed E-state index contributed by atoms with van der Waals surface area (Å²) in [6.45, 7) is 2.45. The molecular formula is C14H19NO3. The minimum Gasteiger partial charge on any atom is -0.497 e. The molecule has 1 saturated heterocycles. The van der Waals surface area contributed by atoms with E-state index in [4.69, 9.17) is 9.47 Å². The Bertz CT molecular complexity index is 445. The van der Waals surface area contributed by atoms with Crippen LogP contribution in [-0.4, -0.2) is 31.6 Å². The fraction of sp³-hybridized carbons (Fsp3) is 0.500. The van der Waals surface area contributed by atoms with Crippen molar-refractivity contribution in [2.75, 3.05) is 20.8 Å². The number of carbonyl (C=O) groups is 1. The lowest BCUT2D eigenvalue weighted by Gasteiger charge is -2.25. The predicted molar refractivity (Wildman–Crippen MR) is 68.9 cm³/mol. The van der Waals surface area contributed by atoms with Crippen LogP contribution in [0.1, 0.15) is 31.4 Å². The first kappa shape index (κ1) is 12.7. The number of amides is 1. The highest BCUT2D eigenvalue weighted by atomic mass is 16.5. The number of rotatable bonds is 3. The van der Waals surface area contributed by atoms with Crippen LogP contribution in [0.5, 0.6) is 11.5 Å². The van der Waals surface area contributed by atoms with Crippen LogP contribution in [0, 0.1) is 0 Å². The van der Waals surface area contributed by atoms with E-state index < -0.39 is 0 Å². The van der Waals surface area contributed by atoms with Crippen molar-refractivity contribution in [1.29, 1.82) is 0 Å². The second-order valence-electron chi connectivity index (χ2n) is 4.48. The van der Waals surface area contributed by atoms with Crippen LogP contribution in [0.2, 0.25) is 0 Å². The minimum atomic E-state index is 0.121.